The van der Waals surface area contributed by atoms with Crippen LogP contribution >= 0.6 is 23.2 Å². The Hall–Kier alpha value is -3.11. The zero-order chi connectivity index (χ0) is 32.1. The molecule has 242 valence electrons. The first-order chi connectivity index (χ1) is 23.0. The highest BCUT2D eigenvalue weighted by molar-refractivity contribution is 6.42. The molecule has 47 heavy (non-hydrogen) atoms. The summed E-state index contributed by atoms with van der Waals surface area (Å²) in [6.45, 7) is 2.77. The highest BCUT2D eigenvalue weighted by Crippen LogP contribution is 2.48. The second-order valence-corrected chi connectivity index (χ2v) is 13.3. The molecule has 0 aromatic heterocycles. The molecule has 0 amide bonds. The van der Waals surface area contributed by atoms with E-state index in [1.807, 2.05) is 18.2 Å². The molecule has 4 aliphatic heterocycles. The van der Waals surface area contributed by atoms with Crippen LogP contribution in [0.4, 0.5) is 0 Å². The van der Waals surface area contributed by atoms with E-state index in [2.05, 4.69) is 97.9 Å². The molecule has 4 saturated heterocycles. The molecule has 4 fully saturated rings. The Kier molecular flexibility index (Phi) is 8.67. The lowest BCUT2D eigenvalue weighted by atomic mass is 10.0. The fraction of sp³-hybridized carbons (Fsp3) is 0.361. The Morgan fingerprint density at radius 1 is 0.957 bits per heavy atom. The third-order valence-electron chi connectivity index (χ3n) is 9.74. The molecule has 0 radical (unpaired) electrons. The third kappa shape index (κ3) is 6.05. The number of epoxide rings is 2. The number of nitrogens with zero attached hydrogens (tertiary/aromatic N) is 5. The van der Waals surface area contributed by atoms with Crippen LogP contribution in [0.25, 0.3) is 10.8 Å². The summed E-state index contributed by atoms with van der Waals surface area (Å²) in [6.07, 6.45) is -0.902. The van der Waals surface area contributed by atoms with Gasteiger partial charge in [-0.15, -0.1) is 0 Å². The van der Waals surface area contributed by atoms with Gasteiger partial charge >= 0.3 is 0 Å². The summed E-state index contributed by atoms with van der Waals surface area (Å²) in [6, 6.07) is 33.6. The number of fused-ring (bicyclic) bond motifs is 3. The average molecular weight is 672 g/mol. The Morgan fingerprint density at radius 2 is 1.77 bits per heavy atom. The maximum absolute atomic E-state index is 10.0. The predicted octanol–water partition coefficient (Wildman–Crippen LogP) is 5.56. The number of rotatable bonds is 10. The molecule has 4 aromatic rings. The summed E-state index contributed by atoms with van der Waals surface area (Å²) in [7, 11) is 1.77. The quantitative estimate of drug-likeness (QED) is 0.172. The van der Waals surface area contributed by atoms with Crippen LogP contribution in [-0.2, 0) is 27.3 Å². The molecule has 5 unspecified atom stereocenters. The van der Waals surface area contributed by atoms with Crippen LogP contribution in [0.5, 0.6) is 0 Å². The van der Waals surface area contributed by atoms with Gasteiger partial charge in [0.1, 0.15) is 25.1 Å². The largest absolute Gasteiger partial charge is 0.365 e. The van der Waals surface area contributed by atoms with Gasteiger partial charge in [0.25, 0.3) is 0 Å². The van der Waals surface area contributed by atoms with Crippen LogP contribution in [0, 0.1) is 11.3 Å². The zero-order valence-corrected chi connectivity index (χ0v) is 27.5. The highest BCUT2D eigenvalue weighted by atomic mass is 35.5. The van der Waals surface area contributed by atoms with Gasteiger partial charge in [-0.25, -0.2) is 9.91 Å². The molecule has 4 aromatic carbocycles. The number of nitriles is 1. The maximum atomic E-state index is 10.0. The van der Waals surface area contributed by atoms with Gasteiger partial charge < -0.3 is 14.2 Å². The van der Waals surface area contributed by atoms with Gasteiger partial charge in [0.05, 0.1) is 34.9 Å². The van der Waals surface area contributed by atoms with E-state index in [9.17, 15) is 5.26 Å². The molecule has 9 nitrogen and oxygen atoms in total. The number of benzene rings is 4. The lowest BCUT2D eigenvalue weighted by molar-refractivity contribution is -0.105. The van der Waals surface area contributed by atoms with E-state index in [1.165, 1.54) is 21.9 Å². The summed E-state index contributed by atoms with van der Waals surface area (Å²) in [5.41, 5.74) is 3.46. The number of ether oxygens (including phenoxy) is 3. The van der Waals surface area contributed by atoms with Gasteiger partial charge in [0.15, 0.2) is 12.5 Å². The van der Waals surface area contributed by atoms with Crippen LogP contribution in [0.1, 0.15) is 22.7 Å². The van der Waals surface area contributed by atoms with Crippen molar-refractivity contribution >= 4 is 34.0 Å². The molecular formula is C36H36Cl2N6O3. The predicted molar refractivity (Wildman–Crippen MR) is 180 cm³/mol. The van der Waals surface area contributed by atoms with E-state index >= 15 is 0 Å². The van der Waals surface area contributed by atoms with E-state index in [0.717, 1.165) is 12.1 Å². The third-order valence-corrected chi connectivity index (χ3v) is 10.5. The van der Waals surface area contributed by atoms with Gasteiger partial charge in [0.2, 0.25) is 0 Å². The molecule has 4 heterocycles. The fourth-order valence-electron chi connectivity index (χ4n) is 7.43. The maximum Gasteiger partial charge on any atom is 0.166 e. The van der Waals surface area contributed by atoms with Crippen LogP contribution in [-0.4, -0.2) is 83.7 Å². The molecule has 7 atom stereocenters. The van der Waals surface area contributed by atoms with E-state index < -0.39 is 0 Å². The first-order valence-corrected chi connectivity index (χ1v) is 16.7. The Morgan fingerprint density at radius 3 is 2.57 bits per heavy atom. The van der Waals surface area contributed by atoms with Crippen molar-refractivity contribution in [2.75, 3.05) is 26.7 Å². The molecule has 11 heteroatoms. The highest BCUT2D eigenvalue weighted by Gasteiger charge is 2.61. The summed E-state index contributed by atoms with van der Waals surface area (Å²) in [5, 5.41) is 21.4. The van der Waals surface area contributed by atoms with E-state index in [-0.39, 0.29) is 49.8 Å². The first kappa shape index (κ1) is 31.2. The van der Waals surface area contributed by atoms with Crippen molar-refractivity contribution in [1.82, 2.24) is 25.1 Å². The normalized spacial score (nSPS) is 29.0. The Labute approximate surface area is 284 Å². The SMILES string of the molecule is COC1CN(N(CC#N)C2OC2NCc2ccc(Cl)c(Cl)c2)[C@H]2CN(Cc3cccc4ccccc34)C3OC3[C@H](c3ccccc3)N12. The topological polar surface area (TPSA) is 83.1 Å². The molecule has 1 N–H and O–H groups in total. The minimum absolute atomic E-state index is 0.0165. The smallest absolute Gasteiger partial charge is 0.166 e. The zero-order valence-electron chi connectivity index (χ0n) is 26.0. The van der Waals surface area contributed by atoms with Gasteiger partial charge in [-0.05, 0) is 39.6 Å². The van der Waals surface area contributed by atoms with Crippen LogP contribution in [0.3, 0.4) is 0 Å². The number of hydrazine groups is 1. The van der Waals surface area contributed by atoms with E-state index in [1.54, 1.807) is 13.2 Å². The summed E-state index contributed by atoms with van der Waals surface area (Å²) >= 11 is 12.4. The first-order valence-electron chi connectivity index (χ1n) is 16.0. The van der Waals surface area contributed by atoms with Gasteiger partial charge in [-0.3, -0.25) is 10.2 Å². The summed E-state index contributed by atoms with van der Waals surface area (Å²) in [5.74, 6) is 0. The Balaban J connectivity index is 1.10. The minimum atomic E-state index is -0.300. The van der Waals surface area contributed by atoms with Gasteiger partial charge in [0, 0.05) is 26.7 Å². The minimum Gasteiger partial charge on any atom is -0.365 e. The molecule has 0 bridgehead atoms. The number of halogens is 2. The Bertz CT molecular complexity index is 1790. The summed E-state index contributed by atoms with van der Waals surface area (Å²) < 4.78 is 18.9. The lowest BCUT2D eigenvalue weighted by Gasteiger charge is -2.39. The number of methoxy groups -OCH3 is 1. The van der Waals surface area contributed by atoms with E-state index in [0.29, 0.717) is 29.7 Å². The molecule has 8 rings (SSSR count). The fourth-order valence-corrected chi connectivity index (χ4v) is 7.75. The second kappa shape index (κ2) is 13.1. The van der Waals surface area contributed by atoms with Crippen molar-refractivity contribution in [2.24, 2.45) is 0 Å². The monoisotopic (exact) mass is 670 g/mol. The van der Waals surface area contributed by atoms with Crippen molar-refractivity contribution in [3.8, 4) is 6.07 Å². The van der Waals surface area contributed by atoms with E-state index in [4.69, 9.17) is 37.4 Å². The number of hydrogen-bond acceptors (Lipinski definition) is 9. The van der Waals surface area contributed by atoms with Crippen molar-refractivity contribution in [3.05, 3.63) is 118 Å². The van der Waals surface area contributed by atoms with Crippen molar-refractivity contribution in [1.29, 1.82) is 5.26 Å². The van der Waals surface area contributed by atoms with Crippen molar-refractivity contribution in [3.63, 3.8) is 0 Å². The second-order valence-electron chi connectivity index (χ2n) is 12.5. The van der Waals surface area contributed by atoms with Crippen LogP contribution in [0.2, 0.25) is 10.0 Å². The van der Waals surface area contributed by atoms with Crippen LogP contribution < -0.4 is 5.32 Å². The van der Waals surface area contributed by atoms with Crippen molar-refractivity contribution < 1.29 is 14.2 Å². The molecule has 4 aliphatic rings. The van der Waals surface area contributed by atoms with Crippen LogP contribution in [0.15, 0.2) is 91.0 Å². The number of nitrogens with one attached hydrogen (secondary N) is 1. The lowest BCUT2D eigenvalue weighted by Crippen LogP contribution is -2.55. The number of hydrogen-bond donors (Lipinski definition) is 1. The molecule has 0 saturated carbocycles. The molecular weight excluding hydrogens is 635 g/mol. The average Bonchev–Trinajstić information content (AvgIpc) is 4.02. The molecule has 0 spiro atoms. The van der Waals surface area contributed by atoms with Gasteiger partial charge in [-0.1, -0.05) is 102 Å². The van der Waals surface area contributed by atoms with Crippen molar-refractivity contribution in [2.45, 2.75) is 56.3 Å². The molecule has 0 aliphatic carbocycles. The standard InChI is InChI=1S/C36H36Cl2N6O3/c1-45-31-22-43(42(17-16-39)36-34(47-36)40-19-23-14-15-28(37)29(38)18-23)30-21-41(20-26-12-7-11-24-8-5-6-13-27(24)26)35-33(46-35)32(44(30)31)25-9-3-2-4-10-25/h2-15,18,30-36,40H,17,19-22H2,1H3/t30-,31?,32+,33?,34?,35?,36?/m1/s1. The van der Waals surface area contributed by atoms with Gasteiger partial charge in [-0.2, -0.15) is 10.3 Å². The summed E-state index contributed by atoms with van der Waals surface area (Å²) in [4.78, 5) is 4.91.